The molecule has 3 rings (SSSR count). The summed E-state index contributed by atoms with van der Waals surface area (Å²) < 4.78 is 10.9. The highest BCUT2D eigenvalue weighted by atomic mass is 16.5. The van der Waals surface area contributed by atoms with E-state index in [4.69, 9.17) is 9.47 Å². The van der Waals surface area contributed by atoms with Gasteiger partial charge >= 0.3 is 0 Å². The lowest BCUT2D eigenvalue weighted by Crippen LogP contribution is -2.38. The van der Waals surface area contributed by atoms with E-state index in [9.17, 15) is 9.59 Å². The van der Waals surface area contributed by atoms with Crippen LogP contribution in [0.1, 0.15) is 58.9 Å². The molecule has 0 saturated heterocycles. The molecule has 1 saturated carbocycles. The lowest BCUT2D eigenvalue weighted by Gasteiger charge is -2.30. The molecule has 1 aliphatic carbocycles. The fraction of sp³-hybridized carbons (Fsp3) is 0.391. The summed E-state index contributed by atoms with van der Waals surface area (Å²) in [4.78, 5) is 27.1. The zero-order chi connectivity index (χ0) is 20.1. The van der Waals surface area contributed by atoms with E-state index in [-0.39, 0.29) is 17.7 Å². The van der Waals surface area contributed by atoms with E-state index < -0.39 is 0 Å². The van der Waals surface area contributed by atoms with Crippen LogP contribution in [0.25, 0.3) is 0 Å². The van der Waals surface area contributed by atoms with Gasteiger partial charge in [0.15, 0.2) is 5.78 Å². The van der Waals surface area contributed by atoms with Crippen molar-refractivity contribution < 1.29 is 19.1 Å². The number of benzene rings is 2. The summed E-state index contributed by atoms with van der Waals surface area (Å²) in [5, 5.41) is 0. The number of ketones is 1. The molecule has 28 heavy (non-hydrogen) atoms. The zero-order valence-electron chi connectivity index (χ0n) is 16.7. The van der Waals surface area contributed by atoms with Gasteiger partial charge in [-0.05, 0) is 50.1 Å². The van der Waals surface area contributed by atoms with Crippen LogP contribution in [0.4, 0.5) is 0 Å². The normalized spacial score (nSPS) is 14.0. The molecule has 1 fully saturated rings. The number of Topliss-reactive ketones (excluding diaryl/α,β-unsaturated/α-hetero) is 1. The first kappa shape index (κ1) is 19.9. The molecule has 0 radical (unpaired) electrons. The topological polar surface area (TPSA) is 55.8 Å². The predicted molar refractivity (Wildman–Crippen MR) is 108 cm³/mol. The second kappa shape index (κ2) is 8.91. The van der Waals surface area contributed by atoms with Crippen molar-refractivity contribution in [3.8, 4) is 11.5 Å². The number of ether oxygens (including phenoxy) is 2. The van der Waals surface area contributed by atoms with Crippen LogP contribution in [0, 0.1) is 0 Å². The Morgan fingerprint density at radius 1 is 1.00 bits per heavy atom. The molecule has 0 atom stereocenters. The molecule has 2 aromatic carbocycles. The van der Waals surface area contributed by atoms with Crippen molar-refractivity contribution in [2.24, 2.45) is 0 Å². The van der Waals surface area contributed by atoms with Gasteiger partial charge in [0.05, 0.1) is 20.8 Å². The molecule has 2 aromatic rings. The van der Waals surface area contributed by atoms with Gasteiger partial charge in [0.1, 0.15) is 11.5 Å². The molecule has 0 N–H and O–H groups in total. The number of amides is 1. The molecule has 0 heterocycles. The average molecular weight is 381 g/mol. The summed E-state index contributed by atoms with van der Waals surface area (Å²) in [6.07, 6.45) is 4.23. The second-order valence-electron chi connectivity index (χ2n) is 7.19. The highest BCUT2D eigenvalue weighted by Crippen LogP contribution is 2.31. The van der Waals surface area contributed by atoms with Crippen molar-refractivity contribution in [2.75, 3.05) is 14.2 Å². The molecular formula is C23H27NO4. The van der Waals surface area contributed by atoms with Gasteiger partial charge < -0.3 is 14.4 Å². The van der Waals surface area contributed by atoms with E-state index in [1.807, 2.05) is 23.1 Å². The van der Waals surface area contributed by atoms with Crippen molar-refractivity contribution in [3.05, 3.63) is 59.2 Å². The SMILES string of the molecule is COc1ccc(OC)c(CN(C(=O)c2cccc(C(C)=O)c2)C2CCCC2)c1. The first-order valence-corrected chi connectivity index (χ1v) is 9.66. The average Bonchev–Trinajstić information content (AvgIpc) is 3.25. The Balaban J connectivity index is 1.95. The van der Waals surface area contributed by atoms with E-state index in [0.29, 0.717) is 17.7 Å². The minimum atomic E-state index is -0.0557. The zero-order valence-corrected chi connectivity index (χ0v) is 16.7. The second-order valence-corrected chi connectivity index (χ2v) is 7.19. The standard InChI is InChI=1S/C23H27NO4/c1-16(25)17-7-6-8-18(13-17)23(26)24(20-9-4-5-10-20)15-19-14-21(27-2)11-12-22(19)28-3/h6-8,11-14,20H,4-5,9-10,15H2,1-3H3. The molecule has 0 unspecified atom stereocenters. The van der Waals surface area contributed by atoms with Crippen LogP contribution in [0.2, 0.25) is 0 Å². The smallest absolute Gasteiger partial charge is 0.254 e. The number of carbonyl (C=O) groups excluding carboxylic acids is 2. The lowest BCUT2D eigenvalue weighted by atomic mass is 10.0. The summed E-state index contributed by atoms with van der Waals surface area (Å²) >= 11 is 0. The van der Waals surface area contributed by atoms with Crippen LogP contribution >= 0.6 is 0 Å². The molecular weight excluding hydrogens is 354 g/mol. The van der Waals surface area contributed by atoms with Gasteiger partial charge in [-0.2, -0.15) is 0 Å². The summed E-state index contributed by atoms with van der Waals surface area (Å²) in [7, 11) is 3.25. The van der Waals surface area contributed by atoms with Crippen LogP contribution in [-0.2, 0) is 6.54 Å². The van der Waals surface area contributed by atoms with Crippen molar-refractivity contribution in [2.45, 2.75) is 45.2 Å². The third kappa shape index (κ3) is 4.35. The molecule has 1 aliphatic rings. The Bertz CT molecular complexity index is 855. The Kier molecular flexibility index (Phi) is 6.34. The monoisotopic (exact) mass is 381 g/mol. The summed E-state index contributed by atoms with van der Waals surface area (Å²) in [6.45, 7) is 1.95. The van der Waals surface area contributed by atoms with Gasteiger partial charge in [0, 0.05) is 22.7 Å². The van der Waals surface area contributed by atoms with E-state index in [2.05, 4.69) is 0 Å². The minimum Gasteiger partial charge on any atom is -0.497 e. The molecule has 5 nitrogen and oxygen atoms in total. The Hall–Kier alpha value is -2.82. The summed E-state index contributed by atoms with van der Waals surface area (Å²) in [6, 6.07) is 12.8. The third-order valence-electron chi connectivity index (χ3n) is 5.37. The van der Waals surface area contributed by atoms with Gasteiger partial charge in [-0.1, -0.05) is 25.0 Å². The fourth-order valence-corrected chi connectivity index (χ4v) is 3.81. The van der Waals surface area contributed by atoms with Crippen LogP contribution < -0.4 is 9.47 Å². The first-order chi connectivity index (χ1) is 13.5. The molecule has 0 spiro atoms. The van der Waals surface area contributed by atoms with Crippen LogP contribution in [0.5, 0.6) is 11.5 Å². The Labute approximate surface area is 166 Å². The summed E-state index contributed by atoms with van der Waals surface area (Å²) in [5.41, 5.74) is 2.00. The van der Waals surface area contributed by atoms with E-state index in [1.54, 1.807) is 38.5 Å². The maximum atomic E-state index is 13.4. The number of hydrogen-bond acceptors (Lipinski definition) is 4. The van der Waals surface area contributed by atoms with Crippen molar-refractivity contribution >= 4 is 11.7 Å². The van der Waals surface area contributed by atoms with Gasteiger partial charge in [0.2, 0.25) is 0 Å². The van der Waals surface area contributed by atoms with Gasteiger partial charge in [-0.25, -0.2) is 0 Å². The highest BCUT2D eigenvalue weighted by Gasteiger charge is 2.28. The third-order valence-corrected chi connectivity index (χ3v) is 5.37. The fourth-order valence-electron chi connectivity index (χ4n) is 3.81. The molecule has 0 aliphatic heterocycles. The van der Waals surface area contributed by atoms with Crippen LogP contribution in [0.15, 0.2) is 42.5 Å². The number of hydrogen-bond donors (Lipinski definition) is 0. The van der Waals surface area contributed by atoms with Crippen molar-refractivity contribution in [3.63, 3.8) is 0 Å². The largest absolute Gasteiger partial charge is 0.497 e. The van der Waals surface area contributed by atoms with E-state index in [1.165, 1.54) is 6.92 Å². The number of nitrogens with zero attached hydrogens (tertiary/aromatic N) is 1. The molecule has 0 aromatic heterocycles. The summed E-state index contributed by atoms with van der Waals surface area (Å²) in [5.74, 6) is 1.36. The number of carbonyl (C=O) groups is 2. The minimum absolute atomic E-state index is 0.0449. The van der Waals surface area contributed by atoms with E-state index >= 15 is 0 Å². The van der Waals surface area contributed by atoms with Crippen molar-refractivity contribution in [1.29, 1.82) is 0 Å². The molecule has 5 heteroatoms. The van der Waals surface area contributed by atoms with E-state index in [0.717, 1.165) is 42.7 Å². The van der Waals surface area contributed by atoms with Gasteiger partial charge in [0.25, 0.3) is 5.91 Å². The molecule has 0 bridgehead atoms. The van der Waals surface area contributed by atoms with Crippen LogP contribution in [0.3, 0.4) is 0 Å². The van der Waals surface area contributed by atoms with Gasteiger partial charge in [-0.15, -0.1) is 0 Å². The Morgan fingerprint density at radius 3 is 2.36 bits per heavy atom. The Morgan fingerprint density at radius 2 is 1.71 bits per heavy atom. The quantitative estimate of drug-likeness (QED) is 0.663. The van der Waals surface area contributed by atoms with Gasteiger partial charge in [-0.3, -0.25) is 9.59 Å². The predicted octanol–water partition coefficient (Wildman–Crippen LogP) is 4.49. The molecule has 148 valence electrons. The van der Waals surface area contributed by atoms with Crippen molar-refractivity contribution in [1.82, 2.24) is 4.90 Å². The lowest BCUT2D eigenvalue weighted by molar-refractivity contribution is 0.0663. The maximum Gasteiger partial charge on any atom is 0.254 e. The highest BCUT2D eigenvalue weighted by molar-refractivity contribution is 5.99. The maximum absolute atomic E-state index is 13.4. The van der Waals surface area contributed by atoms with Crippen LogP contribution in [-0.4, -0.2) is 36.9 Å². The molecule has 1 amide bonds. The number of rotatable bonds is 7. The number of methoxy groups -OCH3 is 2. The first-order valence-electron chi connectivity index (χ1n) is 9.66.